The van der Waals surface area contributed by atoms with E-state index in [1.54, 1.807) is 6.08 Å². The Hall–Kier alpha value is -3.58. The van der Waals surface area contributed by atoms with Gasteiger partial charge in [-0.3, -0.25) is 14.4 Å². The van der Waals surface area contributed by atoms with E-state index in [2.05, 4.69) is 63.3 Å². The zero-order valence-corrected chi connectivity index (χ0v) is 43.3. The van der Waals surface area contributed by atoms with Crippen molar-refractivity contribution in [2.24, 2.45) is 0 Å². The Kier molecular flexibility index (Phi) is 41.9. The molecular weight excluding hydrogens is 877 g/mol. The van der Waals surface area contributed by atoms with Gasteiger partial charge in [0.25, 0.3) is 0 Å². The van der Waals surface area contributed by atoms with Crippen LogP contribution in [0.5, 0.6) is 0 Å². The minimum atomic E-state index is -1.91. The van der Waals surface area contributed by atoms with Gasteiger partial charge < -0.3 is 39.0 Å². The summed E-state index contributed by atoms with van der Waals surface area (Å²) in [6.45, 7) is 5.75. The maximum Gasteiger partial charge on any atom is 0.335 e. The average Bonchev–Trinajstić information content (AvgIpc) is 3.33. The first kappa shape index (κ1) is 63.4. The number of carbonyl (C=O) groups is 4. The fraction of sp³-hybridized carbons (Fsp3) is 0.754. The number of rotatable bonds is 45. The van der Waals surface area contributed by atoms with Crippen molar-refractivity contribution in [2.45, 2.75) is 263 Å². The highest BCUT2D eigenvalue weighted by Gasteiger charge is 2.50. The fourth-order valence-electron chi connectivity index (χ4n) is 7.97. The third kappa shape index (κ3) is 36.1. The Labute approximate surface area is 417 Å². The largest absolute Gasteiger partial charge is 0.479 e. The number of aliphatic carboxylic acids is 1. The molecule has 1 rings (SSSR count). The third-order valence-electron chi connectivity index (χ3n) is 12.1. The van der Waals surface area contributed by atoms with Crippen molar-refractivity contribution in [2.75, 3.05) is 13.2 Å². The molecule has 0 aromatic rings. The maximum absolute atomic E-state index is 13.0. The minimum absolute atomic E-state index is 0.0129. The molecule has 1 heterocycles. The van der Waals surface area contributed by atoms with Crippen molar-refractivity contribution in [3.63, 3.8) is 0 Å². The summed E-state index contributed by atoms with van der Waals surface area (Å²) in [7, 11) is 0. The van der Waals surface area contributed by atoms with Crippen LogP contribution >= 0.6 is 0 Å². The van der Waals surface area contributed by atoms with Crippen LogP contribution in [0.1, 0.15) is 226 Å². The maximum atomic E-state index is 13.0. The third-order valence-corrected chi connectivity index (χ3v) is 12.1. The Balaban J connectivity index is 2.73. The van der Waals surface area contributed by atoms with E-state index in [4.69, 9.17) is 23.7 Å². The van der Waals surface area contributed by atoms with Crippen LogP contribution in [-0.2, 0) is 42.9 Å². The smallest absolute Gasteiger partial charge is 0.335 e. The van der Waals surface area contributed by atoms with Crippen LogP contribution in [0.4, 0.5) is 0 Å². The highest BCUT2D eigenvalue weighted by atomic mass is 16.7. The van der Waals surface area contributed by atoms with Gasteiger partial charge >= 0.3 is 23.9 Å². The van der Waals surface area contributed by atoms with Crippen molar-refractivity contribution in [1.82, 2.24) is 0 Å². The predicted molar refractivity (Wildman–Crippen MR) is 275 cm³/mol. The molecule has 0 saturated carbocycles. The number of carboxylic acids is 1. The highest BCUT2D eigenvalue weighted by molar-refractivity contribution is 5.74. The van der Waals surface area contributed by atoms with Gasteiger partial charge in [0.2, 0.25) is 0 Å². The van der Waals surface area contributed by atoms with E-state index in [0.29, 0.717) is 19.3 Å². The van der Waals surface area contributed by atoms with Crippen LogP contribution in [0.3, 0.4) is 0 Å². The molecule has 12 nitrogen and oxygen atoms in total. The lowest BCUT2D eigenvalue weighted by molar-refractivity contribution is -0.301. The Morgan fingerprint density at radius 1 is 0.493 bits per heavy atom. The lowest BCUT2D eigenvalue weighted by atomic mass is 9.98. The first-order valence-corrected chi connectivity index (χ1v) is 27.3. The van der Waals surface area contributed by atoms with Crippen molar-refractivity contribution in [3.8, 4) is 0 Å². The van der Waals surface area contributed by atoms with Crippen molar-refractivity contribution in [3.05, 3.63) is 60.8 Å². The normalized spacial score (nSPS) is 19.1. The lowest BCUT2D eigenvalue weighted by Gasteiger charge is -2.40. The first-order chi connectivity index (χ1) is 33.6. The van der Waals surface area contributed by atoms with E-state index in [-0.39, 0.29) is 25.9 Å². The monoisotopic (exact) mass is 973 g/mol. The summed E-state index contributed by atoms with van der Waals surface area (Å²) in [5.41, 5.74) is 0. The molecule has 6 atom stereocenters. The molecule has 396 valence electrons. The summed E-state index contributed by atoms with van der Waals surface area (Å²) in [6, 6.07) is 0. The summed E-state index contributed by atoms with van der Waals surface area (Å²) < 4.78 is 28.2. The van der Waals surface area contributed by atoms with E-state index in [0.717, 1.165) is 70.6 Å². The molecule has 1 aliphatic rings. The van der Waals surface area contributed by atoms with Crippen LogP contribution < -0.4 is 0 Å². The van der Waals surface area contributed by atoms with E-state index in [9.17, 15) is 34.5 Å². The number of aliphatic hydroxyl groups is 2. The molecule has 0 aromatic heterocycles. The van der Waals surface area contributed by atoms with Crippen LogP contribution in [0, 0.1) is 0 Å². The van der Waals surface area contributed by atoms with Crippen LogP contribution in [0.15, 0.2) is 60.8 Å². The van der Waals surface area contributed by atoms with Gasteiger partial charge in [-0.25, -0.2) is 4.79 Å². The van der Waals surface area contributed by atoms with Crippen LogP contribution in [-0.4, -0.2) is 89.2 Å². The van der Waals surface area contributed by atoms with E-state index in [1.165, 1.54) is 96.3 Å². The molecule has 1 fully saturated rings. The second-order valence-corrected chi connectivity index (χ2v) is 18.5. The second-order valence-electron chi connectivity index (χ2n) is 18.5. The number of hydrogen-bond acceptors (Lipinski definition) is 11. The number of hydrogen-bond donors (Lipinski definition) is 3. The standard InChI is InChI=1S/C57H96O12/c1-4-7-10-13-16-19-21-23-25-27-29-32-34-37-40-43-49(58)65-46-48(67-50(59)44-41-38-35-31-18-15-12-9-6-3)47-66-57-55(53(62)52(61)54(69-57)56(63)64)68-51(60)45-42-39-36-33-30-28-26-24-22-20-17-14-11-8-5-2/h7,10,16,19,23,25,29,32,37,40,48,52-55,57,61-62H,4-6,8-9,11-15,17-18,20-22,24,26-28,30-31,33-36,38-39,41-47H2,1-3H3,(H,63,64)/b10-7-,19-16-,25-23-,32-29-,40-37-. The van der Waals surface area contributed by atoms with Crippen molar-refractivity contribution >= 4 is 23.9 Å². The van der Waals surface area contributed by atoms with Crippen molar-refractivity contribution < 1.29 is 58.2 Å². The molecule has 0 aliphatic carbocycles. The molecule has 0 spiro atoms. The Bertz CT molecular complexity index is 1440. The molecule has 1 aliphatic heterocycles. The minimum Gasteiger partial charge on any atom is -0.479 e. The number of aliphatic hydroxyl groups excluding tert-OH is 2. The van der Waals surface area contributed by atoms with E-state index in [1.807, 2.05) is 12.2 Å². The van der Waals surface area contributed by atoms with Gasteiger partial charge in [0, 0.05) is 12.8 Å². The number of carboxylic acid groups (broad SMARTS) is 1. The van der Waals surface area contributed by atoms with Gasteiger partial charge in [-0.15, -0.1) is 0 Å². The van der Waals surface area contributed by atoms with Gasteiger partial charge in [0.05, 0.1) is 13.0 Å². The number of ether oxygens (including phenoxy) is 5. The summed E-state index contributed by atoms with van der Waals surface area (Å²) >= 11 is 0. The molecule has 6 unspecified atom stereocenters. The lowest BCUT2D eigenvalue weighted by Crippen LogP contribution is -2.61. The molecular formula is C57H96O12. The molecule has 1 saturated heterocycles. The SMILES string of the molecule is CC/C=C\C/C=C\C/C=C\C/C=C\C/C=C\CC(=O)OCC(COC1OC(C(=O)O)C(O)C(O)C1OC(=O)CCCCCCCCCCCCCCCCC)OC(=O)CCCCCCCCCCC. The molecule has 0 aromatic carbocycles. The summed E-state index contributed by atoms with van der Waals surface area (Å²) in [5, 5.41) is 31.3. The van der Waals surface area contributed by atoms with Crippen LogP contribution in [0.25, 0.3) is 0 Å². The van der Waals surface area contributed by atoms with Crippen LogP contribution in [0.2, 0.25) is 0 Å². The molecule has 0 radical (unpaired) electrons. The molecule has 3 N–H and O–H groups in total. The van der Waals surface area contributed by atoms with Gasteiger partial charge in [-0.05, 0) is 44.9 Å². The first-order valence-electron chi connectivity index (χ1n) is 27.3. The van der Waals surface area contributed by atoms with Gasteiger partial charge in [0.1, 0.15) is 18.8 Å². The zero-order valence-electron chi connectivity index (χ0n) is 43.3. The molecule has 0 bridgehead atoms. The van der Waals surface area contributed by atoms with Gasteiger partial charge in [-0.2, -0.15) is 0 Å². The topological polar surface area (TPSA) is 175 Å². The number of unbranched alkanes of at least 4 members (excludes halogenated alkanes) is 22. The van der Waals surface area contributed by atoms with E-state index < -0.39 is 67.3 Å². The second kappa shape index (κ2) is 45.6. The van der Waals surface area contributed by atoms with Gasteiger partial charge in [-0.1, -0.05) is 223 Å². The molecule has 0 amide bonds. The number of allylic oxidation sites excluding steroid dienone is 9. The van der Waals surface area contributed by atoms with Gasteiger partial charge in [0.15, 0.2) is 24.6 Å². The predicted octanol–water partition coefficient (Wildman–Crippen LogP) is 13.2. The zero-order chi connectivity index (χ0) is 50.4. The molecule has 69 heavy (non-hydrogen) atoms. The van der Waals surface area contributed by atoms with E-state index >= 15 is 0 Å². The number of esters is 3. The summed E-state index contributed by atoms with van der Waals surface area (Å²) in [6.07, 6.45) is 42.4. The highest BCUT2D eigenvalue weighted by Crippen LogP contribution is 2.26. The number of carbonyl (C=O) groups excluding carboxylic acids is 3. The Morgan fingerprint density at radius 2 is 0.899 bits per heavy atom. The fourth-order valence-corrected chi connectivity index (χ4v) is 7.97. The Morgan fingerprint density at radius 3 is 1.33 bits per heavy atom. The summed E-state index contributed by atoms with van der Waals surface area (Å²) in [5.74, 6) is -3.28. The quantitative estimate of drug-likeness (QED) is 0.0228. The molecule has 12 heteroatoms. The van der Waals surface area contributed by atoms with Crippen molar-refractivity contribution in [1.29, 1.82) is 0 Å². The summed E-state index contributed by atoms with van der Waals surface area (Å²) in [4.78, 5) is 50.8. The average molecular weight is 973 g/mol.